The Morgan fingerprint density at radius 1 is 1.36 bits per heavy atom. The first-order valence-corrected chi connectivity index (χ1v) is 8.54. The molecule has 1 N–H and O–H groups in total. The number of nitrogens with one attached hydrogen (secondary N) is 1. The van der Waals surface area contributed by atoms with Crippen molar-refractivity contribution in [1.82, 2.24) is 15.2 Å². The van der Waals surface area contributed by atoms with Crippen LogP contribution in [0.3, 0.4) is 0 Å². The van der Waals surface area contributed by atoms with Crippen LogP contribution in [0.1, 0.15) is 28.9 Å². The third kappa shape index (κ3) is 3.20. The van der Waals surface area contributed by atoms with Gasteiger partial charge in [0.2, 0.25) is 0 Å². The van der Waals surface area contributed by atoms with Crippen molar-refractivity contribution in [3.63, 3.8) is 0 Å². The van der Waals surface area contributed by atoms with Crippen LogP contribution in [0.2, 0.25) is 0 Å². The molecule has 1 unspecified atom stereocenters. The van der Waals surface area contributed by atoms with Crippen molar-refractivity contribution in [2.45, 2.75) is 25.8 Å². The molecule has 1 aromatic carbocycles. The minimum absolute atomic E-state index is 0.0505. The Hall–Kier alpha value is -1.72. The summed E-state index contributed by atoms with van der Waals surface area (Å²) >= 11 is 1.53. The number of amides is 1. The van der Waals surface area contributed by atoms with Gasteiger partial charge in [-0.25, -0.2) is 4.98 Å². The van der Waals surface area contributed by atoms with E-state index in [0.29, 0.717) is 11.7 Å². The van der Waals surface area contributed by atoms with E-state index in [-0.39, 0.29) is 5.91 Å². The Kier molecular flexibility index (Phi) is 4.55. The monoisotopic (exact) mass is 315 g/mol. The van der Waals surface area contributed by atoms with E-state index in [1.54, 1.807) is 0 Å². The van der Waals surface area contributed by atoms with Gasteiger partial charge in [0.15, 0.2) is 0 Å². The molecule has 1 aromatic heterocycles. The van der Waals surface area contributed by atoms with Gasteiger partial charge in [-0.05, 0) is 26.8 Å². The molecule has 4 nitrogen and oxygen atoms in total. The Labute approximate surface area is 135 Å². The van der Waals surface area contributed by atoms with Gasteiger partial charge in [-0.3, -0.25) is 4.79 Å². The number of benzene rings is 1. The molecule has 5 heteroatoms. The Morgan fingerprint density at radius 3 is 2.86 bits per heavy atom. The molecule has 0 saturated carbocycles. The first kappa shape index (κ1) is 15.2. The number of aryl methyl sites for hydroxylation is 1. The van der Waals surface area contributed by atoms with Crippen LogP contribution in [0.5, 0.6) is 0 Å². The topological polar surface area (TPSA) is 45.2 Å². The third-order valence-corrected chi connectivity index (χ3v) is 5.03. The molecule has 1 aliphatic heterocycles. The molecule has 0 bridgehead atoms. The predicted octanol–water partition coefficient (Wildman–Crippen LogP) is 2.94. The highest BCUT2D eigenvalue weighted by atomic mass is 32.1. The number of piperidine rings is 1. The lowest BCUT2D eigenvalue weighted by molar-refractivity contribution is 0.0693. The Balaban J connectivity index is 1.75. The van der Waals surface area contributed by atoms with Crippen LogP contribution in [-0.4, -0.2) is 42.0 Å². The van der Waals surface area contributed by atoms with Gasteiger partial charge in [-0.2, -0.15) is 0 Å². The zero-order chi connectivity index (χ0) is 15.5. The standard InChI is InChI=1S/C17H21N3OS/c1-12-5-7-13(8-6-12)16-19-15(11-22-16)17(21)20-9-3-4-14(10-20)18-2/h5-8,11,14,18H,3-4,9-10H2,1-2H3. The number of hydrogen-bond acceptors (Lipinski definition) is 4. The maximum absolute atomic E-state index is 12.6. The molecule has 1 aliphatic rings. The van der Waals surface area contributed by atoms with E-state index in [1.165, 1.54) is 16.9 Å². The average molecular weight is 315 g/mol. The summed E-state index contributed by atoms with van der Waals surface area (Å²) in [6, 6.07) is 8.65. The lowest BCUT2D eigenvalue weighted by atomic mass is 10.1. The molecule has 0 radical (unpaired) electrons. The zero-order valence-corrected chi connectivity index (χ0v) is 13.8. The summed E-state index contributed by atoms with van der Waals surface area (Å²) in [5.41, 5.74) is 2.86. The summed E-state index contributed by atoms with van der Waals surface area (Å²) in [5, 5.41) is 6.05. The largest absolute Gasteiger partial charge is 0.336 e. The van der Waals surface area contributed by atoms with E-state index in [2.05, 4.69) is 41.5 Å². The number of carbonyl (C=O) groups is 1. The molecule has 2 heterocycles. The highest BCUT2D eigenvalue weighted by Crippen LogP contribution is 2.25. The highest BCUT2D eigenvalue weighted by Gasteiger charge is 2.25. The number of nitrogens with zero attached hydrogens (tertiary/aromatic N) is 2. The zero-order valence-electron chi connectivity index (χ0n) is 13.0. The van der Waals surface area contributed by atoms with Crippen molar-refractivity contribution in [3.05, 3.63) is 40.9 Å². The maximum atomic E-state index is 12.6. The van der Waals surface area contributed by atoms with E-state index in [9.17, 15) is 4.79 Å². The molecule has 1 saturated heterocycles. The van der Waals surface area contributed by atoms with Crippen molar-refractivity contribution in [2.75, 3.05) is 20.1 Å². The SMILES string of the molecule is CNC1CCCN(C(=O)c2csc(-c3ccc(C)cc3)n2)C1. The number of carbonyl (C=O) groups excluding carboxylic acids is 1. The van der Waals surface area contributed by atoms with Gasteiger partial charge < -0.3 is 10.2 Å². The number of thiazole rings is 1. The van der Waals surface area contributed by atoms with Crippen LogP contribution in [0, 0.1) is 6.92 Å². The summed E-state index contributed by atoms with van der Waals surface area (Å²) in [7, 11) is 1.96. The smallest absolute Gasteiger partial charge is 0.273 e. The van der Waals surface area contributed by atoms with Gasteiger partial charge in [0.1, 0.15) is 10.7 Å². The second kappa shape index (κ2) is 6.58. The normalized spacial score (nSPS) is 18.5. The van der Waals surface area contributed by atoms with Crippen LogP contribution < -0.4 is 5.32 Å². The second-order valence-electron chi connectivity index (χ2n) is 5.78. The molecular formula is C17H21N3OS. The van der Waals surface area contributed by atoms with Gasteiger partial charge in [0.05, 0.1) is 0 Å². The number of likely N-dealkylation sites (tertiary alicyclic amines) is 1. The fourth-order valence-electron chi connectivity index (χ4n) is 2.76. The fraction of sp³-hybridized carbons (Fsp3) is 0.412. The summed E-state index contributed by atoms with van der Waals surface area (Å²) in [6.07, 6.45) is 2.18. The predicted molar refractivity (Wildman–Crippen MR) is 90.3 cm³/mol. The molecule has 0 spiro atoms. The van der Waals surface area contributed by atoms with Gasteiger partial charge in [-0.1, -0.05) is 29.8 Å². The first-order chi connectivity index (χ1) is 10.7. The van der Waals surface area contributed by atoms with Crippen LogP contribution >= 0.6 is 11.3 Å². The summed E-state index contributed by atoms with van der Waals surface area (Å²) < 4.78 is 0. The quantitative estimate of drug-likeness (QED) is 0.947. The van der Waals surface area contributed by atoms with E-state index in [1.807, 2.05) is 17.3 Å². The van der Waals surface area contributed by atoms with Crippen LogP contribution in [0.4, 0.5) is 0 Å². The lowest BCUT2D eigenvalue weighted by Gasteiger charge is -2.32. The van der Waals surface area contributed by atoms with Gasteiger partial charge in [0.25, 0.3) is 5.91 Å². The first-order valence-electron chi connectivity index (χ1n) is 7.66. The minimum atomic E-state index is 0.0505. The van der Waals surface area contributed by atoms with Crippen molar-refractivity contribution < 1.29 is 4.79 Å². The molecule has 2 aromatic rings. The van der Waals surface area contributed by atoms with E-state index in [4.69, 9.17) is 0 Å². The third-order valence-electron chi connectivity index (χ3n) is 4.14. The van der Waals surface area contributed by atoms with Crippen LogP contribution in [0.25, 0.3) is 10.6 Å². The summed E-state index contributed by atoms with van der Waals surface area (Å²) in [4.78, 5) is 19.1. The Morgan fingerprint density at radius 2 is 2.14 bits per heavy atom. The van der Waals surface area contributed by atoms with E-state index < -0.39 is 0 Å². The maximum Gasteiger partial charge on any atom is 0.273 e. The van der Waals surface area contributed by atoms with E-state index in [0.717, 1.165) is 36.5 Å². The molecule has 1 atom stereocenters. The fourth-order valence-corrected chi connectivity index (χ4v) is 3.56. The van der Waals surface area contributed by atoms with Gasteiger partial charge >= 0.3 is 0 Å². The molecule has 1 amide bonds. The molecule has 116 valence electrons. The summed E-state index contributed by atoms with van der Waals surface area (Å²) in [5.74, 6) is 0.0505. The molecule has 0 aliphatic carbocycles. The summed E-state index contributed by atoms with van der Waals surface area (Å²) in [6.45, 7) is 3.66. The number of hydrogen-bond donors (Lipinski definition) is 1. The Bertz CT molecular complexity index is 650. The molecule has 3 rings (SSSR count). The second-order valence-corrected chi connectivity index (χ2v) is 6.64. The van der Waals surface area contributed by atoms with E-state index >= 15 is 0 Å². The average Bonchev–Trinajstić information content (AvgIpc) is 3.05. The lowest BCUT2D eigenvalue weighted by Crippen LogP contribution is -2.47. The van der Waals surface area contributed by atoms with Crippen molar-refractivity contribution in [2.24, 2.45) is 0 Å². The molecular weight excluding hydrogens is 294 g/mol. The van der Waals surface area contributed by atoms with Crippen molar-refractivity contribution in [3.8, 4) is 10.6 Å². The van der Waals surface area contributed by atoms with Gasteiger partial charge in [0, 0.05) is 30.1 Å². The van der Waals surface area contributed by atoms with Crippen molar-refractivity contribution in [1.29, 1.82) is 0 Å². The number of aromatic nitrogens is 1. The van der Waals surface area contributed by atoms with Crippen LogP contribution in [0.15, 0.2) is 29.6 Å². The molecule has 1 fully saturated rings. The minimum Gasteiger partial charge on any atom is -0.336 e. The van der Waals surface area contributed by atoms with Crippen molar-refractivity contribution >= 4 is 17.2 Å². The number of likely N-dealkylation sites (N-methyl/N-ethyl adjacent to an activating group) is 1. The highest BCUT2D eigenvalue weighted by molar-refractivity contribution is 7.13. The number of rotatable bonds is 3. The van der Waals surface area contributed by atoms with Gasteiger partial charge in [-0.15, -0.1) is 11.3 Å². The van der Waals surface area contributed by atoms with Crippen LogP contribution in [-0.2, 0) is 0 Å². The molecule has 22 heavy (non-hydrogen) atoms.